The van der Waals surface area contributed by atoms with Crippen molar-refractivity contribution in [3.8, 4) is 0 Å². The second-order valence-electron chi connectivity index (χ2n) is 7.44. The van der Waals surface area contributed by atoms with E-state index in [9.17, 15) is 4.79 Å². The van der Waals surface area contributed by atoms with Gasteiger partial charge in [0.05, 0.1) is 13.2 Å². The molecule has 18 heavy (non-hydrogen) atoms. The maximum atomic E-state index is 11.0. The van der Waals surface area contributed by atoms with E-state index < -0.39 is 0 Å². The van der Waals surface area contributed by atoms with Gasteiger partial charge in [0.2, 0.25) is 0 Å². The molecular weight excluding hydrogens is 228 g/mol. The molecule has 0 radical (unpaired) electrons. The monoisotopic (exact) mass is 248 g/mol. The molecule has 5 fully saturated rings. The fourth-order valence-corrected chi connectivity index (χ4v) is 7.07. The molecule has 3 heteroatoms. The lowest BCUT2D eigenvalue weighted by Crippen LogP contribution is -2.75. The van der Waals surface area contributed by atoms with Gasteiger partial charge in [-0.3, -0.25) is 0 Å². The molecule has 6 atom stereocenters. The Hall–Kier alpha value is -0.410. The van der Waals surface area contributed by atoms with Crippen molar-refractivity contribution in [3.63, 3.8) is 0 Å². The number of aldehydes is 1. The van der Waals surface area contributed by atoms with Crippen molar-refractivity contribution < 1.29 is 14.3 Å². The Labute approximate surface area is 107 Å². The molecule has 0 amide bonds. The smallest absolute Gasteiger partial charge is 0.174 e. The number of carbonyl (C=O) groups excluding carboxylic acids is 1. The van der Waals surface area contributed by atoms with Crippen LogP contribution in [0.4, 0.5) is 0 Å². The van der Waals surface area contributed by atoms with Crippen molar-refractivity contribution in [1.82, 2.24) is 0 Å². The summed E-state index contributed by atoms with van der Waals surface area (Å²) in [6, 6.07) is 0. The minimum Gasteiger partial charge on any atom is -0.347 e. The van der Waals surface area contributed by atoms with E-state index in [1.807, 2.05) is 0 Å². The average Bonchev–Trinajstić information content (AvgIpc) is 2.96. The van der Waals surface area contributed by atoms with E-state index >= 15 is 0 Å². The van der Waals surface area contributed by atoms with Crippen LogP contribution in [-0.4, -0.2) is 25.3 Å². The van der Waals surface area contributed by atoms with Gasteiger partial charge in [-0.15, -0.1) is 0 Å². The highest BCUT2D eigenvalue weighted by molar-refractivity contribution is 5.53. The van der Waals surface area contributed by atoms with Crippen LogP contribution < -0.4 is 0 Å². The average molecular weight is 248 g/mol. The molecule has 5 rings (SSSR count). The first-order valence-corrected chi connectivity index (χ1v) is 7.40. The molecule has 2 spiro atoms. The van der Waals surface area contributed by atoms with Gasteiger partial charge >= 0.3 is 0 Å². The highest BCUT2D eigenvalue weighted by Gasteiger charge is 2.88. The minimum absolute atomic E-state index is 0.199. The molecule has 0 N–H and O–H groups in total. The summed E-state index contributed by atoms with van der Waals surface area (Å²) in [6.45, 7) is 3.91. The number of carbonyl (C=O) groups is 1. The van der Waals surface area contributed by atoms with Crippen LogP contribution >= 0.6 is 0 Å². The summed E-state index contributed by atoms with van der Waals surface area (Å²) >= 11 is 0. The molecule has 2 bridgehead atoms. The molecule has 5 aliphatic rings. The SMILES string of the molecule is CC1(CC=O)C2CC3CC24C1CC4C31OCCO1. The lowest BCUT2D eigenvalue weighted by atomic mass is 9.28. The first-order valence-electron chi connectivity index (χ1n) is 7.40. The lowest BCUT2D eigenvalue weighted by molar-refractivity contribution is -0.358. The van der Waals surface area contributed by atoms with Gasteiger partial charge in [0.1, 0.15) is 6.29 Å². The predicted molar refractivity (Wildman–Crippen MR) is 63.7 cm³/mol. The fraction of sp³-hybridized carbons (Fsp3) is 0.933. The molecule has 6 unspecified atom stereocenters. The summed E-state index contributed by atoms with van der Waals surface area (Å²) in [5.74, 6) is 2.58. The molecular formula is C15H20O3. The second kappa shape index (κ2) is 2.71. The minimum atomic E-state index is -0.199. The van der Waals surface area contributed by atoms with E-state index in [1.165, 1.54) is 19.3 Å². The topological polar surface area (TPSA) is 35.5 Å². The highest BCUT2D eigenvalue weighted by Crippen LogP contribution is 2.89. The van der Waals surface area contributed by atoms with E-state index in [-0.39, 0.29) is 5.79 Å². The van der Waals surface area contributed by atoms with Crippen molar-refractivity contribution >= 4 is 6.29 Å². The molecule has 1 heterocycles. The van der Waals surface area contributed by atoms with Gasteiger partial charge in [-0.25, -0.2) is 0 Å². The van der Waals surface area contributed by atoms with Crippen LogP contribution in [0.1, 0.15) is 32.6 Å². The van der Waals surface area contributed by atoms with Crippen molar-refractivity contribution in [3.05, 3.63) is 0 Å². The van der Waals surface area contributed by atoms with Gasteiger partial charge in [-0.2, -0.15) is 0 Å². The largest absolute Gasteiger partial charge is 0.347 e. The Morgan fingerprint density at radius 1 is 1.17 bits per heavy atom. The van der Waals surface area contributed by atoms with Crippen molar-refractivity contribution in [2.45, 2.75) is 38.4 Å². The van der Waals surface area contributed by atoms with Crippen LogP contribution in [0.2, 0.25) is 0 Å². The molecule has 4 aliphatic carbocycles. The van der Waals surface area contributed by atoms with Crippen molar-refractivity contribution in [2.24, 2.45) is 34.5 Å². The zero-order chi connectivity index (χ0) is 12.2. The molecule has 1 saturated heterocycles. The Morgan fingerprint density at radius 2 is 1.89 bits per heavy atom. The Balaban J connectivity index is 1.54. The standard InChI is InChI=1S/C15H20O3/c1-13(2-3-16)10-6-9-8-14(10)11(13)7-12(14)15(9)17-4-5-18-15/h3,9-12H,2,4-8H2,1H3. The zero-order valence-electron chi connectivity index (χ0n) is 10.9. The van der Waals surface area contributed by atoms with Gasteiger partial charge in [0.25, 0.3) is 0 Å². The van der Waals surface area contributed by atoms with E-state index in [1.54, 1.807) is 0 Å². The summed E-state index contributed by atoms with van der Waals surface area (Å²) in [5, 5.41) is 0. The second-order valence-corrected chi connectivity index (χ2v) is 7.44. The maximum Gasteiger partial charge on any atom is 0.174 e. The third-order valence-electron chi connectivity index (χ3n) is 7.45. The lowest BCUT2D eigenvalue weighted by Gasteiger charge is -2.77. The third kappa shape index (κ3) is 0.726. The van der Waals surface area contributed by atoms with E-state index in [0.29, 0.717) is 22.7 Å². The first kappa shape index (κ1) is 10.4. The van der Waals surface area contributed by atoms with Crippen LogP contribution in [0.5, 0.6) is 0 Å². The van der Waals surface area contributed by atoms with Gasteiger partial charge in [0.15, 0.2) is 5.79 Å². The van der Waals surface area contributed by atoms with Gasteiger partial charge in [-0.05, 0) is 41.9 Å². The summed E-state index contributed by atoms with van der Waals surface area (Å²) in [7, 11) is 0. The molecule has 0 aromatic carbocycles. The summed E-state index contributed by atoms with van der Waals surface area (Å²) < 4.78 is 12.1. The van der Waals surface area contributed by atoms with Crippen molar-refractivity contribution in [1.29, 1.82) is 0 Å². The number of hydrogen-bond acceptors (Lipinski definition) is 3. The molecule has 4 saturated carbocycles. The zero-order valence-corrected chi connectivity index (χ0v) is 10.9. The van der Waals surface area contributed by atoms with Gasteiger partial charge in [0, 0.05) is 18.3 Å². The Bertz CT molecular complexity index is 441. The summed E-state index contributed by atoms with van der Waals surface area (Å²) in [6.07, 6.45) is 5.68. The first-order chi connectivity index (χ1) is 8.68. The quantitative estimate of drug-likeness (QED) is 0.701. The van der Waals surface area contributed by atoms with Crippen molar-refractivity contribution in [2.75, 3.05) is 13.2 Å². The van der Waals surface area contributed by atoms with Gasteiger partial charge in [-0.1, -0.05) is 6.92 Å². The van der Waals surface area contributed by atoms with Crippen LogP contribution in [0.3, 0.4) is 0 Å². The van der Waals surface area contributed by atoms with E-state index in [0.717, 1.165) is 37.8 Å². The number of fused-ring (bicyclic) bond motifs is 3. The third-order valence-corrected chi connectivity index (χ3v) is 7.45. The van der Waals surface area contributed by atoms with E-state index in [2.05, 4.69) is 6.92 Å². The summed E-state index contributed by atoms with van der Waals surface area (Å²) in [4.78, 5) is 11.0. The van der Waals surface area contributed by atoms with Crippen LogP contribution in [-0.2, 0) is 14.3 Å². The fourth-order valence-electron chi connectivity index (χ4n) is 7.07. The van der Waals surface area contributed by atoms with Crippen LogP contribution in [0, 0.1) is 34.5 Å². The Kier molecular flexibility index (Phi) is 1.56. The van der Waals surface area contributed by atoms with Crippen LogP contribution in [0.25, 0.3) is 0 Å². The van der Waals surface area contributed by atoms with Gasteiger partial charge < -0.3 is 14.3 Å². The van der Waals surface area contributed by atoms with E-state index in [4.69, 9.17) is 9.47 Å². The molecule has 0 aromatic rings. The summed E-state index contributed by atoms with van der Waals surface area (Å²) in [5.41, 5.74) is 0.806. The maximum absolute atomic E-state index is 11.0. The molecule has 3 nitrogen and oxygen atoms in total. The number of rotatable bonds is 2. The normalized spacial score (nSPS) is 61.4. The highest BCUT2D eigenvalue weighted by atomic mass is 16.7. The Morgan fingerprint density at radius 3 is 2.61 bits per heavy atom. The predicted octanol–water partition coefficient (Wildman–Crippen LogP) is 2.00. The number of hydrogen-bond donors (Lipinski definition) is 0. The number of ether oxygens (including phenoxy) is 2. The molecule has 1 aliphatic heterocycles. The molecule has 0 aromatic heterocycles. The molecule has 98 valence electrons. The van der Waals surface area contributed by atoms with Crippen LogP contribution in [0.15, 0.2) is 0 Å².